The molecule has 1 aromatic rings. The molecule has 1 aliphatic rings. The van der Waals surface area contributed by atoms with E-state index in [1.165, 1.54) is 5.56 Å². The maximum atomic E-state index is 10.4. The summed E-state index contributed by atoms with van der Waals surface area (Å²) in [4.78, 5) is 10.4. The molecule has 0 saturated heterocycles. The van der Waals surface area contributed by atoms with Crippen molar-refractivity contribution < 1.29 is 39.5 Å². The average molecular weight is 213 g/mol. The normalized spacial score (nSPS) is 18.3. The first-order chi connectivity index (χ1) is 6.75. The summed E-state index contributed by atoms with van der Waals surface area (Å²) >= 11 is 0. The van der Waals surface area contributed by atoms with Crippen LogP contribution in [0.1, 0.15) is 18.4 Å². The van der Waals surface area contributed by atoms with E-state index in [2.05, 4.69) is 11.4 Å². The molecule has 15 heavy (non-hydrogen) atoms. The van der Waals surface area contributed by atoms with Gasteiger partial charge in [0.05, 0.1) is 0 Å². The van der Waals surface area contributed by atoms with Crippen LogP contribution in [0, 0.1) is 0 Å². The fourth-order valence-corrected chi connectivity index (χ4v) is 1.86. The van der Waals surface area contributed by atoms with Crippen LogP contribution in [0.2, 0.25) is 0 Å². The third-order valence-electron chi connectivity index (χ3n) is 2.55. The van der Waals surface area contributed by atoms with Gasteiger partial charge >= 0.3 is 29.6 Å². The van der Waals surface area contributed by atoms with E-state index in [9.17, 15) is 9.90 Å². The summed E-state index contributed by atoms with van der Waals surface area (Å²) in [5, 5.41) is 13.6. The summed E-state index contributed by atoms with van der Waals surface area (Å²) in [7, 11) is 0. The van der Waals surface area contributed by atoms with Crippen molar-refractivity contribution in [1.29, 1.82) is 0 Å². The zero-order valence-corrected chi connectivity index (χ0v) is 10.8. The molecular weight excluding hydrogens is 201 g/mol. The van der Waals surface area contributed by atoms with Crippen LogP contribution in [0.5, 0.6) is 0 Å². The number of anilines is 1. The Balaban J connectivity index is 0.00000112. The predicted octanol–water partition coefficient (Wildman–Crippen LogP) is -2.44. The Morgan fingerprint density at radius 1 is 1.47 bits per heavy atom. The van der Waals surface area contributed by atoms with Gasteiger partial charge in [-0.3, -0.25) is 0 Å². The summed E-state index contributed by atoms with van der Waals surface area (Å²) in [6.07, 6.45) is 1.90. The molecule has 0 spiro atoms. The summed E-state index contributed by atoms with van der Waals surface area (Å²) in [5.74, 6) is -0.984. The van der Waals surface area contributed by atoms with Gasteiger partial charge in [-0.1, -0.05) is 18.2 Å². The van der Waals surface area contributed by atoms with E-state index in [4.69, 9.17) is 0 Å². The third-order valence-corrected chi connectivity index (χ3v) is 2.55. The minimum Gasteiger partial charge on any atom is -0.550 e. The van der Waals surface area contributed by atoms with Gasteiger partial charge in [0.1, 0.15) is 0 Å². The number of carboxylic acid groups (broad SMARTS) is 1. The number of para-hydroxylation sites is 1. The van der Waals surface area contributed by atoms with E-state index in [1.807, 2.05) is 18.2 Å². The van der Waals surface area contributed by atoms with Crippen molar-refractivity contribution in [3.05, 3.63) is 29.8 Å². The fraction of sp³-hybridized carbons (Fsp3) is 0.364. The molecule has 4 heteroatoms. The number of carbonyl (C=O) groups is 1. The second-order valence-corrected chi connectivity index (χ2v) is 3.61. The van der Waals surface area contributed by atoms with Crippen molar-refractivity contribution in [2.75, 3.05) is 5.32 Å². The van der Waals surface area contributed by atoms with Gasteiger partial charge in [-0.05, 0) is 24.5 Å². The number of fused-ring (bicyclic) bond motifs is 1. The minimum atomic E-state index is -0.984. The van der Waals surface area contributed by atoms with E-state index < -0.39 is 5.97 Å². The van der Waals surface area contributed by atoms with Crippen LogP contribution in [-0.4, -0.2) is 12.0 Å². The first-order valence-electron chi connectivity index (χ1n) is 4.80. The fourth-order valence-electron chi connectivity index (χ4n) is 1.86. The molecule has 1 N–H and O–H groups in total. The van der Waals surface area contributed by atoms with Gasteiger partial charge in [0.2, 0.25) is 0 Å². The van der Waals surface area contributed by atoms with Crippen LogP contribution in [0.25, 0.3) is 0 Å². The molecule has 0 bridgehead atoms. The van der Waals surface area contributed by atoms with Crippen molar-refractivity contribution in [1.82, 2.24) is 0 Å². The van der Waals surface area contributed by atoms with E-state index in [-0.39, 0.29) is 42.0 Å². The zero-order chi connectivity index (χ0) is 9.97. The molecule has 1 aliphatic heterocycles. The zero-order valence-electron chi connectivity index (χ0n) is 8.82. The molecule has 74 valence electrons. The average Bonchev–Trinajstić information content (AvgIpc) is 2.17. The largest absolute Gasteiger partial charge is 1.00 e. The van der Waals surface area contributed by atoms with Gasteiger partial charge in [-0.25, -0.2) is 0 Å². The van der Waals surface area contributed by atoms with Gasteiger partial charge in [-0.2, -0.15) is 0 Å². The Morgan fingerprint density at radius 2 is 2.20 bits per heavy atom. The van der Waals surface area contributed by atoms with E-state index in [1.54, 1.807) is 0 Å². The SMILES string of the molecule is O=C([O-])C[C@H]1CCc2ccccc2N1.[Na+]. The smallest absolute Gasteiger partial charge is 0.550 e. The number of hydrogen-bond acceptors (Lipinski definition) is 3. The van der Waals surface area contributed by atoms with Crippen molar-refractivity contribution in [3.63, 3.8) is 0 Å². The molecule has 0 amide bonds. The Kier molecular flexibility index (Phi) is 4.64. The minimum absolute atomic E-state index is 0. The molecule has 1 heterocycles. The molecule has 0 aromatic heterocycles. The van der Waals surface area contributed by atoms with Gasteiger partial charge < -0.3 is 15.2 Å². The molecule has 2 rings (SSSR count). The predicted molar refractivity (Wildman–Crippen MR) is 51.8 cm³/mol. The number of hydrogen-bond donors (Lipinski definition) is 1. The van der Waals surface area contributed by atoms with Crippen LogP contribution in [0.4, 0.5) is 5.69 Å². The molecule has 0 radical (unpaired) electrons. The number of benzene rings is 1. The number of carbonyl (C=O) groups excluding carboxylic acids is 1. The quantitative estimate of drug-likeness (QED) is 0.555. The van der Waals surface area contributed by atoms with Crippen molar-refractivity contribution in [3.8, 4) is 0 Å². The molecule has 3 nitrogen and oxygen atoms in total. The molecule has 0 aliphatic carbocycles. The third kappa shape index (κ3) is 3.23. The van der Waals surface area contributed by atoms with Gasteiger partial charge in [0, 0.05) is 24.1 Å². The van der Waals surface area contributed by atoms with E-state index >= 15 is 0 Å². The van der Waals surface area contributed by atoms with Gasteiger partial charge in [-0.15, -0.1) is 0 Å². The van der Waals surface area contributed by atoms with Crippen LogP contribution >= 0.6 is 0 Å². The number of rotatable bonds is 2. The number of nitrogens with one attached hydrogen (secondary N) is 1. The van der Waals surface area contributed by atoms with E-state index in [0.717, 1.165) is 18.5 Å². The van der Waals surface area contributed by atoms with Gasteiger partial charge in [0.25, 0.3) is 0 Å². The Bertz CT molecular complexity index is 354. The summed E-state index contributed by atoms with van der Waals surface area (Å²) in [5.41, 5.74) is 2.33. The monoisotopic (exact) mass is 213 g/mol. The molecule has 0 unspecified atom stereocenters. The number of aliphatic carboxylic acids is 1. The van der Waals surface area contributed by atoms with Gasteiger partial charge in [0.15, 0.2) is 0 Å². The molecule has 0 fully saturated rings. The topological polar surface area (TPSA) is 52.2 Å². The van der Waals surface area contributed by atoms with Crippen LogP contribution < -0.4 is 40.0 Å². The summed E-state index contributed by atoms with van der Waals surface area (Å²) < 4.78 is 0. The maximum Gasteiger partial charge on any atom is 1.00 e. The summed E-state index contributed by atoms with van der Waals surface area (Å²) in [6, 6.07) is 8.02. The first-order valence-corrected chi connectivity index (χ1v) is 4.80. The second kappa shape index (κ2) is 5.54. The van der Waals surface area contributed by atoms with Crippen molar-refractivity contribution in [2.45, 2.75) is 25.3 Å². The molecule has 1 atom stereocenters. The van der Waals surface area contributed by atoms with Crippen LogP contribution in [0.15, 0.2) is 24.3 Å². The summed E-state index contributed by atoms with van der Waals surface area (Å²) in [6.45, 7) is 0. The van der Waals surface area contributed by atoms with Crippen molar-refractivity contribution in [2.24, 2.45) is 0 Å². The molecular formula is C11H12NNaO2. The Labute approximate surface area is 111 Å². The van der Waals surface area contributed by atoms with Crippen molar-refractivity contribution >= 4 is 11.7 Å². The Morgan fingerprint density at radius 3 is 2.93 bits per heavy atom. The molecule has 0 saturated carbocycles. The number of aryl methyl sites for hydroxylation is 1. The maximum absolute atomic E-state index is 10.4. The second-order valence-electron chi connectivity index (χ2n) is 3.61. The number of carboxylic acids is 1. The van der Waals surface area contributed by atoms with Crippen LogP contribution in [0.3, 0.4) is 0 Å². The Hall–Kier alpha value is -0.510. The van der Waals surface area contributed by atoms with Crippen LogP contribution in [-0.2, 0) is 11.2 Å². The van der Waals surface area contributed by atoms with E-state index in [0.29, 0.717) is 0 Å². The first kappa shape index (κ1) is 12.6. The molecule has 1 aromatic carbocycles. The standard InChI is InChI=1S/C11H13NO2.Na/c13-11(14)7-9-6-5-8-3-1-2-4-10(8)12-9;/h1-4,9,12H,5-7H2,(H,13,14);/q;+1/p-1/t9-;/m1./s1.